The normalized spacial score (nSPS) is 42.4. The Bertz CT molecular complexity index is 397. The summed E-state index contributed by atoms with van der Waals surface area (Å²) in [5.41, 5.74) is -1.14. The number of aliphatic hydroxyl groups excluding tert-OH is 3. The van der Waals surface area contributed by atoms with Crippen LogP contribution >= 0.6 is 12.6 Å². The van der Waals surface area contributed by atoms with E-state index in [0.717, 1.165) is 6.08 Å². The van der Waals surface area contributed by atoms with Crippen LogP contribution in [0.25, 0.3) is 0 Å². The third-order valence-electron chi connectivity index (χ3n) is 2.68. The fourth-order valence-electron chi connectivity index (χ4n) is 1.76. The molecule has 1 unspecified atom stereocenters. The molecular formula is C9H11NO6S. The number of hydrogen-bond acceptors (Lipinski definition) is 7. The van der Waals surface area contributed by atoms with Gasteiger partial charge in [-0.3, -0.25) is 14.9 Å². The van der Waals surface area contributed by atoms with Crippen molar-refractivity contribution < 1.29 is 29.6 Å². The first-order valence-corrected chi connectivity index (χ1v) is 5.38. The average molecular weight is 261 g/mol. The summed E-state index contributed by atoms with van der Waals surface area (Å²) >= 11 is 3.87. The second-order valence-corrected chi connectivity index (χ2v) is 4.35. The van der Waals surface area contributed by atoms with Crippen molar-refractivity contribution in [1.82, 2.24) is 5.32 Å². The van der Waals surface area contributed by atoms with Crippen LogP contribution in [0.4, 0.5) is 0 Å². The highest BCUT2D eigenvalue weighted by Crippen LogP contribution is 2.28. The van der Waals surface area contributed by atoms with E-state index in [-0.39, 0.29) is 5.57 Å². The molecule has 2 aliphatic heterocycles. The molecule has 0 aromatic heterocycles. The van der Waals surface area contributed by atoms with Crippen LogP contribution in [0.2, 0.25) is 0 Å². The van der Waals surface area contributed by atoms with E-state index in [2.05, 4.69) is 12.6 Å². The van der Waals surface area contributed by atoms with Crippen LogP contribution in [-0.2, 0) is 14.3 Å². The van der Waals surface area contributed by atoms with Crippen LogP contribution in [0.5, 0.6) is 0 Å². The van der Waals surface area contributed by atoms with Gasteiger partial charge in [0.25, 0.3) is 11.8 Å². The first-order valence-electron chi connectivity index (χ1n) is 4.86. The van der Waals surface area contributed by atoms with Crippen LogP contribution in [0.1, 0.15) is 0 Å². The second-order valence-electron chi connectivity index (χ2n) is 3.84. The molecule has 8 heteroatoms. The zero-order valence-electron chi connectivity index (χ0n) is 8.48. The monoisotopic (exact) mass is 261 g/mol. The molecule has 0 spiro atoms. The van der Waals surface area contributed by atoms with Crippen LogP contribution in [0.3, 0.4) is 0 Å². The Balaban J connectivity index is 2.24. The topological polar surface area (TPSA) is 116 Å². The molecule has 0 aliphatic carbocycles. The van der Waals surface area contributed by atoms with E-state index in [1.54, 1.807) is 0 Å². The first kappa shape index (κ1) is 12.5. The van der Waals surface area contributed by atoms with Gasteiger partial charge in [-0.2, -0.15) is 0 Å². The largest absolute Gasteiger partial charge is 0.387 e. The summed E-state index contributed by atoms with van der Waals surface area (Å²) in [6.07, 6.45) is -4.58. The maximum absolute atomic E-state index is 11.4. The first-order chi connectivity index (χ1) is 7.91. The molecule has 1 saturated heterocycles. The van der Waals surface area contributed by atoms with Crippen molar-refractivity contribution in [3.63, 3.8) is 0 Å². The third kappa shape index (κ3) is 2.09. The molecule has 94 valence electrons. The predicted octanol–water partition coefficient (Wildman–Crippen LogP) is -2.69. The van der Waals surface area contributed by atoms with E-state index in [0.29, 0.717) is 0 Å². The molecule has 7 nitrogen and oxygen atoms in total. The van der Waals surface area contributed by atoms with E-state index in [9.17, 15) is 24.9 Å². The van der Waals surface area contributed by atoms with Crippen LogP contribution in [0.15, 0.2) is 11.6 Å². The van der Waals surface area contributed by atoms with Crippen molar-refractivity contribution in [3.05, 3.63) is 11.6 Å². The van der Waals surface area contributed by atoms with Gasteiger partial charge in [0.2, 0.25) is 0 Å². The Morgan fingerprint density at radius 2 is 1.82 bits per heavy atom. The van der Waals surface area contributed by atoms with Gasteiger partial charge in [0, 0.05) is 6.08 Å². The van der Waals surface area contributed by atoms with E-state index >= 15 is 0 Å². The Labute approximate surface area is 101 Å². The van der Waals surface area contributed by atoms with Gasteiger partial charge in [-0.05, 0) is 0 Å². The fraction of sp³-hybridized carbons (Fsp3) is 0.556. The molecule has 0 aromatic rings. The molecule has 2 heterocycles. The Kier molecular flexibility index (Phi) is 3.23. The molecule has 17 heavy (non-hydrogen) atoms. The number of carbonyl (C=O) groups excluding carboxylic acids is 2. The molecule has 0 saturated carbocycles. The van der Waals surface area contributed by atoms with Gasteiger partial charge in [0.05, 0.1) is 5.57 Å². The number of carbonyl (C=O) groups is 2. The van der Waals surface area contributed by atoms with Crippen LogP contribution in [0, 0.1) is 0 Å². The molecule has 0 radical (unpaired) electrons. The van der Waals surface area contributed by atoms with Gasteiger partial charge in [0.1, 0.15) is 29.9 Å². The lowest BCUT2D eigenvalue weighted by atomic mass is 9.94. The Hall–Kier alpha value is -0.930. The molecular weight excluding hydrogens is 250 g/mol. The number of aliphatic hydroxyl groups is 3. The highest BCUT2D eigenvalue weighted by molar-refractivity contribution is 7.80. The minimum absolute atomic E-state index is 0.0903. The smallest absolute Gasteiger partial charge is 0.256 e. The minimum atomic E-state index is -1.50. The van der Waals surface area contributed by atoms with E-state index < -0.39 is 41.7 Å². The number of ether oxygens (including phenoxy) is 1. The third-order valence-corrected chi connectivity index (χ3v) is 3.11. The predicted molar refractivity (Wildman–Crippen MR) is 56.9 cm³/mol. The maximum Gasteiger partial charge on any atom is 0.256 e. The lowest BCUT2D eigenvalue weighted by molar-refractivity contribution is -0.187. The lowest BCUT2D eigenvalue weighted by Crippen LogP contribution is -2.57. The Morgan fingerprint density at radius 3 is 2.35 bits per heavy atom. The molecule has 2 aliphatic rings. The summed E-state index contributed by atoms with van der Waals surface area (Å²) in [7, 11) is 0. The summed E-state index contributed by atoms with van der Waals surface area (Å²) < 4.78 is 5.11. The number of thiol groups is 1. The number of amides is 2. The highest BCUT2D eigenvalue weighted by Gasteiger charge is 2.46. The van der Waals surface area contributed by atoms with Gasteiger partial charge < -0.3 is 20.1 Å². The Morgan fingerprint density at radius 1 is 1.18 bits per heavy atom. The number of hydrogen-bond donors (Lipinski definition) is 5. The van der Waals surface area contributed by atoms with E-state index in [1.807, 2.05) is 5.32 Å². The second kappa shape index (κ2) is 4.39. The zero-order chi connectivity index (χ0) is 12.7. The highest BCUT2D eigenvalue weighted by atomic mass is 32.1. The summed E-state index contributed by atoms with van der Waals surface area (Å²) in [4.78, 5) is 22.3. The molecule has 2 rings (SSSR count). The van der Waals surface area contributed by atoms with Crippen molar-refractivity contribution in [2.75, 3.05) is 0 Å². The number of nitrogens with one attached hydrogen (secondary N) is 1. The van der Waals surface area contributed by atoms with Gasteiger partial charge in [-0.1, -0.05) is 0 Å². The van der Waals surface area contributed by atoms with E-state index in [4.69, 9.17) is 4.74 Å². The standard InChI is InChI=1S/C9H11NO6S/c11-3-1-2(8(15)10-3)7-5(13)4(12)6(14)9(17)16-7/h1,4-7,9,12-14,17H,(H,10,11,15)/t4-,5-,6-,7?,9-/m0/s1. The molecule has 2 amide bonds. The molecule has 4 N–H and O–H groups in total. The minimum Gasteiger partial charge on any atom is -0.387 e. The molecule has 0 aromatic carbocycles. The SMILES string of the molecule is O=C1C=C(C2O[C@@H](S)[C@@H](O)[C@@H](O)[C@@H]2O)C(=O)N1. The van der Waals surface area contributed by atoms with Crippen molar-refractivity contribution in [2.24, 2.45) is 0 Å². The summed E-state index contributed by atoms with van der Waals surface area (Å²) in [6.45, 7) is 0. The van der Waals surface area contributed by atoms with Gasteiger partial charge in [-0.25, -0.2) is 0 Å². The molecule has 1 fully saturated rings. The summed E-state index contributed by atoms with van der Waals surface area (Å²) in [5.74, 6) is -1.31. The molecule has 0 bridgehead atoms. The number of imide groups is 1. The molecule has 5 atom stereocenters. The fourth-order valence-corrected chi connectivity index (χ4v) is 2.06. The summed E-state index contributed by atoms with van der Waals surface area (Å²) in [5, 5.41) is 30.6. The lowest BCUT2D eigenvalue weighted by Gasteiger charge is -2.38. The van der Waals surface area contributed by atoms with Crippen LogP contribution in [-0.4, -0.2) is 57.0 Å². The quantitative estimate of drug-likeness (QED) is 0.259. The zero-order valence-corrected chi connectivity index (χ0v) is 9.37. The number of rotatable bonds is 1. The van der Waals surface area contributed by atoms with Crippen molar-refractivity contribution in [1.29, 1.82) is 0 Å². The van der Waals surface area contributed by atoms with Gasteiger partial charge in [-0.15, -0.1) is 12.6 Å². The van der Waals surface area contributed by atoms with Crippen molar-refractivity contribution in [3.8, 4) is 0 Å². The summed E-state index contributed by atoms with van der Waals surface area (Å²) in [6, 6.07) is 0. The van der Waals surface area contributed by atoms with Crippen LogP contribution < -0.4 is 5.32 Å². The van der Waals surface area contributed by atoms with Gasteiger partial charge in [0.15, 0.2) is 0 Å². The van der Waals surface area contributed by atoms with Crippen molar-refractivity contribution >= 4 is 24.4 Å². The van der Waals surface area contributed by atoms with Crippen molar-refractivity contribution in [2.45, 2.75) is 29.9 Å². The van der Waals surface area contributed by atoms with Gasteiger partial charge >= 0.3 is 0 Å². The van der Waals surface area contributed by atoms with E-state index in [1.165, 1.54) is 0 Å². The maximum atomic E-state index is 11.4. The average Bonchev–Trinajstić information content (AvgIpc) is 2.60.